The van der Waals surface area contributed by atoms with Crippen molar-refractivity contribution in [2.24, 2.45) is 0 Å². The van der Waals surface area contributed by atoms with E-state index in [4.69, 9.17) is 21.1 Å². The Morgan fingerprint density at radius 1 is 1.14 bits per heavy atom. The van der Waals surface area contributed by atoms with Crippen LogP contribution < -0.4 is 9.47 Å². The zero-order valence-electron chi connectivity index (χ0n) is 12.1. The molecule has 0 fully saturated rings. The van der Waals surface area contributed by atoms with Crippen LogP contribution in [0.3, 0.4) is 0 Å². The molecule has 0 aliphatic heterocycles. The van der Waals surface area contributed by atoms with Crippen LogP contribution in [0.2, 0.25) is 5.02 Å². The lowest BCUT2D eigenvalue weighted by Crippen LogP contribution is -2.08. The van der Waals surface area contributed by atoms with Gasteiger partial charge in [-0.25, -0.2) is 0 Å². The van der Waals surface area contributed by atoms with Crippen molar-refractivity contribution in [3.8, 4) is 11.5 Å². The smallest absolute Gasteiger partial charge is 0.310 e. The lowest BCUT2D eigenvalue weighted by Gasteiger charge is -2.12. The summed E-state index contributed by atoms with van der Waals surface area (Å²) in [5, 5.41) is 0.568. The van der Waals surface area contributed by atoms with E-state index in [2.05, 4.69) is 0 Å². The molecule has 0 aliphatic rings. The predicted octanol–water partition coefficient (Wildman–Crippen LogP) is 4.54. The summed E-state index contributed by atoms with van der Waals surface area (Å²) in [4.78, 5) is 11.4. The molecule has 0 saturated heterocycles. The Morgan fingerprint density at radius 2 is 1.90 bits per heavy atom. The molecule has 0 N–H and O–H groups in total. The van der Waals surface area contributed by atoms with Gasteiger partial charge < -0.3 is 9.47 Å². The van der Waals surface area contributed by atoms with E-state index in [1.807, 2.05) is 43.3 Å². The zero-order chi connectivity index (χ0) is 15.2. The molecule has 0 amide bonds. The van der Waals surface area contributed by atoms with Gasteiger partial charge in [-0.15, -0.1) is 0 Å². The molecule has 0 aromatic heterocycles. The minimum atomic E-state index is -0.268. The first-order valence-electron chi connectivity index (χ1n) is 6.77. The highest BCUT2D eigenvalue weighted by Gasteiger charge is 2.09. The van der Waals surface area contributed by atoms with Crippen molar-refractivity contribution in [2.75, 3.05) is 0 Å². The van der Waals surface area contributed by atoms with Crippen LogP contribution in [0.5, 0.6) is 11.5 Å². The topological polar surface area (TPSA) is 35.5 Å². The highest BCUT2D eigenvalue weighted by Crippen LogP contribution is 2.27. The SMILES string of the molecule is CCC(=O)Oc1ccccc1COc1ccc(C)cc1Cl. The fraction of sp³-hybridized carbons (Fsp3) is 0.235. The van der Waals surface area contributed by atoms with Gasteiger partial charge in [0.1, 0.15) is 18.1 Å². The summed E-state index contributed by atoms with van der Waals surface area (Å²) in [6.07, 6.45) is 0.332. The van der Waals surface area contributed by atoms with Crippen LogP contribution in [0.1, 0.15) is 24.5 Å². The molecule has 0 heterocycles. The minimum absolute atomic E-state index is 0.268. The molecule has 2 aromatic rings. The largest absolute Gasteiger partial charge is 0.487 e. The van der Waals surface area contributed by atoms with Crippen LogP contribution in [0.25, 0.3) is 0 Å². The molecule has 0 atom stereocenters. The summed E-state index contributed by atoms with van der Waals surface area (Å²) >= 11 is 6.13. The van der Waals surface area contributed by atoms with Crippen molar-refractivity contribution < 1.29 is 14.3 Å². The Hall–Kier alpha value is -2.00. The Kier molecular flexibility index (Phi) is 5.23. The van der Waals surface area contributed by atoms with Crippen LogP contribution >= 0.6 is 11.6 Å². The second kappa shape index (κ2) is 7.14. The van der Waals surface area contributed by atoms with Crippen molar-refractivity contribution in [3.63, 3.8) is 0 Å². The minimum Gasteiger partial charge on any atom is -0.487 e. The molecular weight excluding hydrogens is 288 g/mol. The van der Waals surface area contributed by atoms with Crippen molar-refractivity contribution in [3.05, 3.63) is 58.6 Å². The highest BCUT2D eigenvalue weighted by molar-refractivity contribution is 6.32. The standard InChI is InChI=1S/C17H17ClO3/c1-3-17(19)21-15-7-5-4-6-13(15)11-20-16-9-8-12(2)10-14(16)18/h4-10H,3,11H2,1-2H3. The molecule has 2 aromatic carbocycles. The van der Waals surface area contributed by atoms with Gasteiger partial charge in [0.05, 0.1) is 5.02 Å². The number of ether oxygens (including phenoxy) is 2. The van der Waals surface area contributed by atoms with Gasteiger partial charge in [-0.2, -0.15) is 0 Å². The van der Waals surface area contributed by atoms with E-state index in [1.165, 1.54) is 0 Å². The Labute approximate surface area is 129 Å². The first-order chi connectivity index (χ1) is 10.1. The van der Waals surface area contributed by atoms with Gasteiger partial charge >= 0.3 is 5.97 Å². The number of carbonyl (C=O) groups excluding carboxylic acids is 1. The summed E-state index contributed by atoms with van der Waals surface area (Å²) in [5.74, 6) is 0.863. The second-order valence-electron chi connectivity index (χ2n) is 4.66. The van der Waals surface area contributed by atoms with Crippen LogP contribution in [0, 0.1) is 6.92 Å². The fourth-order valence-electron chi connectivity index (χ4n) is 1.80. The lowest BCUT2D eigenvalue weighted by atomic mass is 10.2. The maximum Gasteiger partial charge on any atom is 0.310 e. The molecular formula is C17H17ClO3. The predicted molar refractivity (Wildman–Crippen MR) is 82.9 cm³/mol. The zero-order valence-corrected chi connectivity index (χ0v) is 12.8. The van der Waals surface area contributed by atoms with Gasteiger partial charge in [0.15, 0.2) is 0 Å². The fourth-order valence-corrected chi connectivity index (χ4v) is 2.09. The number of para-hydroxylation sites is 1. The van der Waals surface area contributed by atoms with E-state index in [9.17, 15) is 4.79 Å². The lowest BCUT2D eigenvalue weighted by molar-refractivity contribution is -0.134. The van der Waals surface area contributed by atoms with E-state index in [0.717, 1.165) is 11.1 Å². The highest BCUT2D eigenvalue weighted by atomic mass is 35.5. The van der Waals surface area contributed by atoms with Crippen LogP contribution in [0.15, 0.2) is 42.5 Å². The molecule has 0 unspecified atom stereocenters. The van der Waals surface area contributed by atoms with E-state index in [1.54, 1.807) is 13.0 Å². The average Bonchev–Trinajstić information content (AvgIpc) is 2.47. The van der Waals surface area contributed by atoms with Gasteiger partial charge in [0.2, 0.25) is 0 Å². The van der Waals surface area contributed by atoms with Gasteiger partial charge in [-0.3, -0.25) is 4.79 Å². The summed E-state index contributed by atoms with van der Waals surface area (Å²) in [7, 11) is 0. The maximum absolute atomic E-state index is 11.4. The molecule has 110 valence electrons. The summed E-state index contributed by atoms with van der Waals surface area (Å²) in [6, 6.07) is 12.9. The quantitative estimate of drug-likeness (QED) is 0.601. The summed E-state index contributed by atoms with van der Waals surface area (Å²) < 4.78 is 11.0. The van der Waals surface area contributed by atoms with Gasteiger partial charge in [-0.05, 0) is 30.7 Å². The summed E-state index contributed by atoms with van der Waals surface area (Å²) in [6.45, 7) is 4.01. The van der Waals surface area contributed by atoms with Crippen molar-refractivity contribution in [2.45, 2.75) is 26.9 Å². The first kappa shape index (κ1) is 15.4. The monoisotopic (exact) mass is 304 g/mol. The van der Waals surface area contributed by atoms with Crippen LogP contribution in [-0.2, 0) is 11.4 Å². The number of esters is 1. The van der Waals surface area contributed by atoms with E-state index in [-0.39, 0.29) is 12.6 Å². The number of benzene rings is 2. The van der Waals surface area contributed by atoms with Gasteiger partial charge in [-0.1, -0.05) is 42.8 Å². The number of carbonyl (C=O) groups is 1. The third-order valence-electron chi connectivity index (χ3n) is 2.96. The number of hydrogen-bond donors (Lipinski definition) is 0. The first-order valence-corrected chi connectivity index (χ1v) is 7.15. The van der Waals surface area contributed by atoms with Crippen molar-refractivity contribution in [1.82, 2.24) is 0 Å². The van der Waals surface area contributed by atoms with Crippen LogP contribution in [0.4, 0.5) is 0 Å². The molecule has 3 nitrogen and oxygen atoms in total. The molecule has 0 radical (unpaired) electrons. The molecule has 0 aliphatic carbocycles. The Bertz CT molecular complexity index is 638. The number of aryl methyl sites for hydroxylation is 1. The van der Waals surface area contributed by atoms with Crippen molar-refractivity contribution in [1.29, 1.82) is 0 Å². The summed E-state index contributed by atoms with van der Waals surface area (Å²) in [5.41, 5.74) is 1.88. The van der Waals surface area contributed by atoms with Gasteiger partial charge in [0.25, 0.3) is 0 Å². The number of rotatable bonds is 5. The van der Waals surface area contributed by atoms with Crippen LogP contribution in [-0.4, -0.2) is 5.97 Å². The number of halogens is 1. The van der Waals surface area contributed by atoms with Crippen molar-refractivity contribution >= 4 is 17.6 Å². The van der Waals surface area contributed by atoms with E-state index >= 15 is 0 Å². The normalized spacial score (nSPS) is 10.2. The average molecular weight is 305 g/mol. The van der Waals surface area contributed by atoms with E-state index in [0.29, 0.717) is 22.9 Å². The Morgan fingerprint density at radius 3 is 2.62 bits per heavy atom. The molecule has 21 heavy (non-hydrogen) atoms. The molecule has 4 heteroatoms. The third-order valence-corrected chi connectivity index (χ3v) is 3.25. The maximum atomic E-state index is 11.4. The molecule has 2 rings (SSSR count). The molecule has 0 bridgehead atoms. The third kappa shape index (κ3) is 4.23. The second-order valence-corrected chi connectivity index (χ2v) is 5.07. The van der Waals surface area contributed by atoms with E-state index < -0.39 is 0 Å². The van der Waals surface area contributed by atoms with Gasteiger partial charge in [0, 0.05) is 12.0 Å². The Balaban J connectivity index is 2.11. The molecule has 0 spiro atoms. The molecule has 0 saturated carbocycles. The number of hydrogen-bond acceptors (Lipinski definition) is 3.